The fourth-order valence-corrected chi connectivity index (χ4v) is 2.60. The van der Waals surface area contributed by atoms with Crippen molar-refractivity contribution < 1.29 is 33.4 Å². The third-order valence-electron chi connectivity index (χ3n) is 1.02. The molecule has 0 radical (unpaired) electrons. The molecule has 0 aromatic carbocycles. The van der Waals surface area contributed by atoms with Crippen molar-refractivity contribution in [2.24, 2.45) is 0 Å². The first-order chi connectivity index (χ1) is 5.56. The van der Waals surface area contributed by atoms with E-state index in [1.54, 1.807) is 0 Å². The molecule has 10 heteroatoms. The molecule has 0 aromatic heterocycles. The van der Waals surface area contributed by atoms with Gasteiger partial charge >= 0.3 is 87.1 Å². The molecule has 0 aliphatic carbocycles. The monoisotopic (exact) mass is 337 g/mol. The van der Waals surface area contributed by atoms with E-state index in [2.05, 4.69) is 11.1 Å². The van der Waals surface area contributed by atoms with Crippen LogP contribution in [0, 0.1) is 0 Å². The van der Waals surface area contributed by atoms with Gasteiger partial charge < -0.3 is 0 Å². The Labute approximate surface area is 87.2 Å². The predicted molar refractivity (Wildman–Crippen MR) is 43.9 cm³/mol. The van der Waals surface area contributed by atoms with E-state index in [0.717, 1.165) is 0 Å². The van der Waals surface area contributed by atoms with Gasteiger partial charge in [-0.1, -0.05) is 0 Å². The van der Waals surface area contributed by atoms with E-state index in [9.17, 15) is 9.13 Å². The van der Waals surface area contributed by atoms with Gasteiger partial charge in [-0.25, -0.2) is 0 Å². The average molecular weight is 336 g/mol. The molecule has 0 saturated carbocycles. The van der Waals surface area contributed by atoms with Crippen LogP contribution in [0.15, 0.2) is 12.8 Å². The van der Waals surface area contributed by atoms with Crippen LogP contribution < -0.4 is 0 Å². The first-order valence-electron chi connectivity index (χ1n) is 2.71. The van der Waals surface area contributed by atoms with Crippen molar-refractivity contribution in [3.63, 3.8) is 0 Å². The summed E-state index contributed by atoms with van der Waals surface area (Å²) in [7, 11) is -9.91. The third-order valence-corrected chi connectivity index (χ3v) is 9.51. The molecule has 4 N–H and O–H groups in total. The van der Waals surface area contributed by atoms with Crippen LogP contribution in [0.1, 0.15) is 0 Å². The van der Waals surface area contributed by atoms with E-state index in [1.807, 2.05) is 0 Å². The summed E-state index contributed by atoms with van der Waals surface area (Å²) in [4.78, 5) is 26.0. The maximum absolute atomic E-state index is 11.0. The van der Waals surface area contributed by atoms with E-state index in [1.165, 1.54) is 0 Å². The molecule has 0 heterocycles. The Morgan fingerprint density at radius 1 is 1.38 bits per heavy atom. The molecule has 0 bridgehead atoms. The zero-order chi connectivity index (χ0) is 10.9. The van der Waals surface area contributed by atoms with Gasteiger partial charge in [0, 0.05) is 0 Å². The zero-order valence-corrected chi connectivity index (χ0v) is 10.8. The summed E-state index contributed by atoms with van der Waals surface area (Å²) in [5, 5.41) is 9.10. The summed E-state index contributed by atoms with van der Waals surface area (Å²) in [6.07, 6.45) is 0.533. The van der Waals surface area contributed by atoms with E-state index in [4.69, 9.17) is 19.8 Å². The summed E-state index contributed by atoms with van der Waals surface area (Å²) >= 11 is -0.217. The van der Waals surface area contributed by atoms with Crippen molar-refractivity contribution in [3.05, 3.63) is 12.8 Å². The molecule has 0 aliphatic rings. The summed E-state index contributed by atoms with van der Waals surface area (Å²) in [6.45, 7) is 2.93. The number of aliphatic hydroxyl groups is 1. The van der Waals surface area contributed by atoms with E-state index < -0.39 is 18.3 Å². The van der Waals surface area contributed by atoms with E-state index >= 15 is 0 Å². The standard InChI is InChI=1S/C3H7O7P2.Sn/c1-2-10-12(8,9)3(4)11(5,6)7;/h2,4H,1H2,(H,8,9)(H2,5,6,7);/q;+3. The van der Waals surface area contributed by atoms with Crippen LogP contribution in [0.5, 0.6) is 0 Å². The quantitative estimate of drug-likeness (QED) is 0.303. The summed E-state index contributed by atoms with van der Waals surface area (Å²) < 4.78 is 22.6. The molecular weight excluding hydrogens is 329 g/mol. The van der Waals surface area contributed by atoms with Crippen LogP contribution in [0.4, 0.5) is 0 Å². The van der Waals surface area contributed by atoms with Crippen molar-refractivity contribution in [3.8, 4) is 0 Å². The van der Waals surface area contributed by atoms with Crippen molar-refractivity contribution in [1.82, 2.24) is 0 Å². The fraction of sp³-hybridized carbons (Fsp3) is 0.333. The minimum atomic E-state index is -5.11. The first-order valence-corrected chi connectivity index (χ1v) is 7.33. The van der Waals surface area contributed by atoms with E-state index in [-0.39, 0.29) is 22.5 Å². The van der Waals surface area contributed by atoms with Crippen LogP contribution in [-0.2, 0) is 13.7 Å². The maximum atomic E-state index is 11.0. The molecule has 0 saturated heterocycles. The Kier molecular flexibility index (Phi) is 4.22. The van der Waals surface area contributed by atoms with Gasteiger partial charge in [-0.05, 0) is 0 Å². The molecular formula is C3H7O7P2Sn+3. The third kappa shape index (κ3) is 2.79. The molecule has 0 aromatic rings. The predicted octanol–water partition coefficient (Wildman–Crippen LogP) is -0.718. The van der Waals surface area contributed by atoms with Gasteiger partial charge in [-0.3, -0.25) is 0 Å². The Morgan fingerprint density at radius 3 is 2.00 bits per heavy atom. The molecule has 0 spiro atoms. The van der Waals surface area contributed by atoms with Crippen LogP contribution in [0.3, 0.4) is 0 Å². The Morgan fingerprint density at radius 2 is 1.77 bits per heavy atom. The van der Waals surface area contributed by atoms with Crippen LogP contribution in [0.2, 0.25) is 0 Å². The summed E-state index contributed by atoms with van der Waals surface area (Å²) in [5.41, 5.74) is 0. The average Bonchev–Trinajstić information content (AvgIpc) is 1.84. The van der Waals surface area contributed by atoms with Crippen LogP contribution in [0.25, 0.3) is 0 Å². The Bertz CT molecular complexity index is 292. The van der Waals surface area contributed by atoms with Gasteiger partial charge in [0.15, 0.2) is 0 Å². The van der Waals surface area contributed by atoms with Crippen molar-refractivity contribution >= 4 is 37.7 Å². The number of hydrogen-bond donors (Lipinski definition) is 4. The first kappa shape index (κ1) is 13.6. The topological polar surface area (TPSA) is 124 Å². The van der Waals surface area contributed by atoms with Gasteiger partial charge in [-0.15, -0.1) is 0 Å². The van der Waals surface area contributed by atoms with Gasteiger partial charge in [0.1, 0.15) is 0 Å². The second kappa shape index (κ2) is 4.02. The Hall–Kier alpha value is 0.639. The molecule has 0 amide bonds. The molecule has 0 aliphatic heterocycles. The summed E-state index contributed by atoms with van der Waals surface area (Å²) in [5.74, 6) is 0. The number of rotatable bonds is 4. The molecule has 7 nitrogen and oxygen atoms in total. The molecule has 0 rings (SSSR count). The van der Waals surface area contributed by atoms with Gasteiger partial charge in [0.05, 0.1) is 0 Å². The second-order valence-electron chi connectivity index (χ2n) is 1.97. The molecule has 2 unspecified atom stereocenters. The Balaban J connectivity index is 5.16. The second-order valence-corrected chi connectivity index (χ2v) is 10.4. The minimum absolute atomic E-state index is 0.217. The molecule has 2 atom stereocenters. The van der Waals surface area contributed by atoms with Crippen molar-refractivity contribution in [2.45, 2.75) is 3.10 Å². The van der Waals surface area contributed by atoms with Crippen LogP contribution in [-0.4, -0.2) is 45.4 Å². The van der Waals surface area contributed by atoms with E-state index in [0.29, 0.717) is 6.26 Å². The summed E-state index contributed by atoms with van der Waals surface area (Å²) in [6, 6.07) is 0. The van der Waals surface area contributed by atoms with Gasteiger partial charge in [0.25, 0.3) is 0 Å². The van der Waals surface area contributed by atoms with Gasteiger partial charge in [-0.2, -0.15) is 0 Å². The number of hydrogen-bond acceptors (Lipinski definition) is 4. The molecule has 0 fully saturated rings. The van der Waals surface area contributed by atoms with Gasteiger partial charge in [0.2, 0.25) is 0 Å². The SMILES string of the molecule is C=COP(=O)(O)[C](O)([Sn+3])P(=O)(O)O. The molecule has 13 heavy (non-hydrogen) atoms. The normalized spacial score (nSPS) is 21.4. The van der Waals surface area contributed by atoms with Crippen molar-refractivity contribution in [1.29, 1.82) is 0 Å². The van der Waals surface area contributed by atoms with Crippen molar-refractivity contribution in [2.75, 3.05) is 0 Å². The zero-order valence-electron chi connectivity index (χ0n) is 6.19. The molecule has 72 valence electrons. The fourth-order valence-electron chi connectivity index (χ4n) is 0.339. The van der Waals surface area contributed by atoms with Crippen LogP contribution >= 0.6 is 15.2 Å².